The quantitative estimate of drug-likeness (QED) is 0.767. The molecule has 0 bridgehead atoms. The number of ether oxygens (including phenoxy) is 2. The zero-order valence-electron chi connectivity index (χ0n) is 11.1. The van der Waals surface area contributed by atoms with Gasteiger partial charge in [0.25, 0.3) is 0 Å². The van der Waals surface area contributed by atoms with Crippen molar-refractivity contribution in [3.8, 4) is 5.88 Å². The van der Waals surface area contributed by atoms with Gasteiger partial charge in [-0.15, -0.1) is 0 Å². The number of hydrogen-bond acceptors (Lipinski definition) is 4. The van der Waals surface area contributed by atoms with Crippen LogP contribution in [0.5, 0.6) is 5.88 Å². The van der Waals surface area contributed by atoms with Crippen LogP contribution < -0.4 is 4.74 Å². The molecule has 0 aromatic carbocycles. The number of allylic oxidation sites excluding steroid dienone is 2. The van der Waals surface area contributed by atoms with E-state index in [2.05, 4.69) is 16.9 Å². The lowest BCUT2D eigenvalue weighted by Crippen LogP contribution is -2.09. The third-order valence-electron chi connectivity index (χ3n) is 2.92. The molecular formula is C14H18N2O2. The molecule has 96 valence electrons. The molecule has 0 N–H and O–H groups in total. The fraction of sp³-hybridized carbons (Fsp3) is 0.429. The Morgan fingerprint density at radius 3 is 3.00 bits per heavy atom. The van der Waals surface area contributed by atoms with Gasteiger partial charge < -0.3 is 9.47 Å². The molecule has 1 aliphatic rings. The van der Waals surface area contributed by atoms with Crippen LogP contribution in [0.3, 0.4) is 0 Å². The molecule has 0 unspecified atom stereocenters. The van der Waals surface area contributed by atoms with Crippen molar-refractivity contribution in [3.05, 3.63) is 29.1 Å². The van der Waals surface area contributed by atoms with E-state index in [4.69, 9.17) is 9.47 Å². The molecule has 0 fully saturated rings. The second-order valence-electron chi connectivity index (χ2n) is 4.00. The maximum absolute atomic E-state index is 5.76. The molecule has 0 amide bonds. The van der Waals surface area contributed by atoms with Crippen LogP contribution in [-0.2, 0) is 11.3 Å². The monoisotopic (exact) mass is 246 g/mol. The third-order valence-corrected chi connectivity index (χ3v) is 2.92. The fourth-order valence-electron chi connectivity index (χ4n) is 2.01. The van der Waals surface area contributed by atoms with Crippen molar-refractivity contribution >= 4 is 11.8 Å². The van der Waals surface area contributed by atoms with E-state index in [1.165, 1.54) is 0 Å². The molecular weight excluding hydrogens is 228 g/mol. The van der Waals surface area contributed by atoms with Crippen molar-refractivity contribution < 1.29 is 9.47 Å². The topological polar surface area (TPSA) is 43.7 Å². The van der Waals surface area contributed by atoms with Crippen molar-refractivity contribution in [2.75, 3.05) is 13.7 Å². The lowest BCUT2D eigenvalue weighted by atomic mass is 9.97. The number of rotatable bonds is 4. The lowest BCUT2D eigenvalue weighted by molar-refractivity contribution is 0.214. The number of nitrogens with zero attached hydrogens (tertiary/aromatic N) is 2. The van der Waals surface area contributed by atoms with E-state index in [0.717, 1.165) is 35.4 Å². The van der Waals surface area contributed by atoms with Gasteiger partial charge in [0.05, 0.1) is 13.3 Å². The first-order chi connectivity index (χ1) is 8.80. The van der Waals surface area contributed by atoms with Crippen molar-refractivity contribution in [2.45, 2.75) is 26.9 Å². The summed E-state index contributed by atoms with van der Waals surface area (Å²) in [5.41, 5.74) is 3.41. The normalized spacial score (nSPS) is 14.6. The molecule has 0 saturated carbocycles. The molecule has 1 aromatic heterocycles. The van der Waals surface area contributed by atoms with Crippen LogP contribution >= 0.6 is 0 Å². The molecule has 4 heteroatoms. The number of aromatic nitrogens is 1. The Balaban J connectivity index is 2.44. The molecule has 2 rings (SSSR count). The summed E-state index contributed by atoms with van der Waals surface area (Å²) in [6, 6.07) is 1.93. The first-order valence-electron chi connectivity index (χ1n) is 6.19. The number of hydrogen-bond donors (Lipinski definition) is 0. The Kier molecular flexibility index (Phi) is 3.97. The van der Waals surface area contributed by atoms with E-state index in [0.29, 0.717) is 12.5 Å². The van der Waals surface area contributed by atoms with Gasteiger partial charge in [-0.25, -0.2) is 4.98 Å². The van der Waals surface area contributed by atoms with Crippen LogP contribution in [0.4, 0.5) is 0 Å². The molecule has 0 saturated heterocycles. The maximum atomic E-state index is 5.76. The van der Waals surface area contributed by atoms with Crippen molar-refractivity contribution in [3.63, 3.8) is 0 Å². The molecule has 0 aliphatic carbocycles. The molecule has 2 heterocycles. The summed E-state index contributed by atoms with van der Waals surface area (Å²) in [6.07, 6.45) is 4.56. The van der Waals surface area contributed by atoms with Gasteiger partial charge in [0.1, 0.15) is 12.4 Å². The number of pyridine rings is 1. The second-order valence-corrected chi connectivity index (χ2v) is 4.00. The van der Waals surface area contributed by atoms with Crippen LogP contribution in [0.25, 0.3) is 5.57 Å². The summed E-state index contributed by atoms with van der Waals surface area (Å²) in [6.45, 7) is 5.42. The zero-order chi connectivity index (χ0) is 13.0. The second kappa shape index (κ2) is 5.67. The molecule has 4 nitrogen and oxygen atoms in total. The number of aliphatic imine (C=N–C) groups is 1. The standard InChI is InChI=1S/C14H18N2O2/c1-4-11-12-7-16-14(17-3)6-10(12)9-18-13(11)8-15-5-2/h6-8H,4-5,9H2,1-3H3. The highest BCUT2D eigenvalue weighted by Gasteiger charge is 2.19. The van der Waals surface area contributed by atoms with E-state index < -0.39 is 0 Å². The van der Waals surface area contributed by atoms with Gasteiger partial charge in [-0.3, -0.25) is 4.99 Å². The summed E-state index contributed by atoms with van der Waals surface area (Å²) < 4.78 is 10.9. The van der Waals surface area contributed by atoms with Crippen LogP contribution in [0.2, 0.25) is 0 Å². The van der Waals surface area contributed by atoms with E-state index in [9.17, 15) is 0 Å². The first kappa shape index (κ1) is 12.6. The molecule has 0 spiro atoms. The van der Waals surface area contributed by atoms with Gasteiger partial charge in [0, 0.05) is 35.5 Å². The van der Waals surface area contributed by atoms with E-state index >= 15 is 0 Å². The van der Waals surface area contributed by atoms with Crippen LogP contribution in [0.15, 0.2) is 23.0 Å². The van der Waals surface area contributed by atoms with E-state index in [-0.39, 0.29) is 0 Å². The Morgan fingerprint density at radius 2 is 2.33 bits per heavy atom. The molecule has 18 heavy (non-hydrogen) atoms. The zero-order valence-corrected chi connectivity index (χ0v) is 11.1. The Morgan fingerprint density at radius 1 is 1.50 bits per heavy atom. The SMILES string of the molecule is CCN=CC1=C(CC)c2cnc(OC)cc2CO1. The molecule has 1 aromatic rings. The largest absolute Gasteiger partial charge is 0.487 e. The third kappa shape index (κ3) is 2.37. The van der Waals surface area contributed by atoms with Gasteiger partial charge in [-0.1, -0.05) is 6.92 Å². The fourth-order valence-corrected chi connectivity index (χ4v) is 2.01. The highest BCUT2D eigenvalue weighted by atomic mass is 16.5. The number of fused-ring (bicyclic) bond motifs is 1. The average molecular weight is 246 g/mol. The van der Waals surface area contributed by atoms with Gasteiger partial charge in [0.2, 0.25) is 5.88 Å². The maximum Gasteiger partial charge on any atom is 0.213 e. The predicted octanol–water partition coefficient (Wildman–Crippen LogP) is 2.83. The van der Waals surface area contributed by atoms with Crippen LogP contribution in [-0.4, -0.2) is 24.9 Å². The minimum Gasteiger partial charge on any atom is -0.487 e. The summed E-state index contributed by atoms with van der Waals surface area (Å²) in [5, 5.41) is 0. The lowest BCUT2D eigenvalue weighted by Gasteiger charge is -2.21. The Hall–Kier alpha value is -1.84. The summed E-state index contributed by atoms with van der Waals surface area (Å²) in [7, 11) is 1.62. The van der Waals surface area contributed by atoms with Gasteiger partial charge in [0.15, 0.2) is 0 Å². The molecule has 0 radical (unpaired) electrons. The van der Waals surface area contributed by atoms with Crippen molar-refractivity contribution in [1.82, 2.24) is 4.98 Å². The van der Waals surface area contributed by atoms with Crippen molar-refractivity contribution in [2.24, 2.45) is 4.99 Å². The van der Waals surface area contributed by atoms with E-state index in [1.807, 2.05) is 25.4 Å². The van der Waals surface area contributed by atoms with Crippen molar-refractivity contribution in [1.29, 1.82) is 0 Å². The molecule has 1 aliphatic heterocycles. The van der Waals surface area contributed by atoms with Gasteiger partial charge >= 0.3 is 0 Å². The minimum atomic E-state index is 0.544. The van der Waals surface area contributed by atoms with Crippen LogP contribution in [0.1, 0.15) is 31.4 Å². The van der Waals surface area contributed by atoms with Gasteiger partial charge in [-0.05, 0) is 13.3 Å². The highest BCUT2D eigenvalue weighted by Crippen LogP contribution is 2.32. The molecule has 0 atom stereocenters. The smallest absolute Gasteiger partial charge is 0.213 e. The van der Waals surface area contributed by atoms with E-state index in [1.54, 1.807) is 7.11 Å². The minimum absolute atomic E-state index is 0.544. The van der Waals surface area contributed by atoms with Gasteiger partial charge in [-0.2, -0.15) is 0 Å². The Bertz CT molecular complexity index is 493. The number of methoxy groups -OCH3 is 1. The summed E-state index contributed by atoms with van der Waals surface area (Å²) in [5.74, 6) is 1.48. The average Bonchev–Trinajstić information content (AvgIpc) is 2.43. The summed E-state index contributed by atoms with van der Waals surface area (Å²) in [4.78, 5) is 8.51. The Labute approximate surface area is 107 Å². The highest BCUT2D eigenvalue weighted by molar-refractivity contribution is 5.90. The summed E-state index contributed by atoms with van der Waals surface area (Å²) >= 11 is 0. The van der Waals surface area contributed by atoms with Crippen LogP contribution in [0, 0.1) is 0 Å². The predicted molar refractivity (Wildman–Crippen MR) is 71.8 cm³/mol. The first-order valence-corrected chi connectivity index (χ1v) is 6.19.